The zero-order valence-electron chi connectivity index (χ0n) is 24.5. The minimum Gasteiger partial charge on any atom is -0.384 e. The number of imidazole rings is 1. The molecular weight excluding hydrogens is 512 g/mol. The standard InChI is InChI=1S/C32H42N8O/c1-3-37-17-19-39(20-18-37)32(41)31-36-29-21-24(9-10-30(29)40(31)4-2)27-22-28(25-23-33-13-11-26(25)35-27)34-12-8-16-38-14-6-5-7-15-38/h9-11,13,21-23H,3-8,12,14-20H2,1-2H3,(H,34,35). The summed E-state index contributed by atoms with van der Waals surface area (Å²) in [6, 6.07) is 10.3. The number of piperidine rings is 1. The predicted octanol–water partition coefficient (Wildman–Crippen LogP) is 4.73. The van der Waals surface area contributed by atoms with Gasteiger partial charge in [0.05, 0.1) is 22.2 Å². The van der Waals surface area contributed by atoms with E-state index in [1.54, 1.807) is 6.20 Å². The number of pyridine rings is 2. The Kier molecular flexibility index (Phi) is 8.43. The lowest BCUT2D eigenvalue weighted by Crippen LogP contribution is -2.49. The zero-order chi connectivity index (χ0) is 28.2. The van der Waals surface area contributed by atoms with Gasteiger partial charge in [-0.05, 0) is 76.6 Å². The van der Waals surface area contributed by atoms with Crippen LogP contribution in [0.4, 0.5) is 5.69 Å². The van der Waals surface area contributed by atoms with Gasteiger partial charge in [-0.1, -0.05) is 19.4 Å². The average molecular weight is 555 g/mol. The lowest BCUT2D eigenvalue weighted by Gasteiger charge is -2.33. The van der Waals surface area contributed by atoms with Gasteiger partial charge in [0.1, 0.15) is 0 Å². The van der Waals surface area contributed by atoms with Crippen molar-refractivity contribution in [2.45, 2.75) is 46.1 Å². The molecule has 2 saturated heterocycles. The summed E-state index contributed by atoms with van der Waals surface area (Å²) < 4.78 is 2.04. The van der Waals surface area contributed by atoms with Crippen molar-refractivity contribution >= 4 is 33.5 Å². The first-order chi connectivity index (χ1) is 20.1. The number of fused-ring (bicyclic) bond motifs is 2. The Balaban J connectivity index is 1.25. The van der Waals surface area contributed by atoms with Crippen molar-refractivity contribution in [3.8, 4) is 11.3 Å². The van der Waals surface area contributed by atoms with Crippen LogP contribution in [0.5, 0.6) is 0 Å². The molecule has 0 bridgehead atoms. The van der Waals surface area contributed by atoms with Crippen LogP contribution in [0.2, 0.25) is 0 Å². The molecule has 0 saturated carbocycles. The number of carbonyl (C=O) groups is 1. The third kappa shape index (κ3) is 5.92. The van der Waals surface area contributed by atoms with E-state index >= 15 is 0 Å². The van der Waals surface area contributed by atoms with Crippen molar-refractivity contribution < 1.29 is 4.79 Å². The van der Waals surface area contributed by atoms with Gasteiger partial charge >= 0.3 is 0 Å². The van der Waals surface area contributed by atoms with Gasteiger partial charge in [0.15, 0.2) is 5.82 Å². The Hall–Kier alpha value is -3.56. The topological polar surface area (TPSA) is 82.4 Å². The molecule has 0 atom stereocenters. The molecule has 1 aromatic carbocycles. The van der Waals surface area contributed by atoms with Gasteiger partial charge in [-0.2, -0.15) is 0 Å². The summed E-state index contributed by atoms with van der Waals surface area (Å²) in [6.45, 7) is 13.8. The molecule has 9 heteroatoms. The van der Waals surface area contributed by atoms with Gasteiger partial charge in [0.2, 0.25) is 0 Å². The highest BCUT2D eigenvalue weighted by molar-refractivity contribution is 5.97. The molecule has 41 heavy (non-hydrogen) atoms. The number of rotatable bonds is 9. The molecule has 3 aromatic heterocycles. The van der Waals surface area contributed by atoms with Gasteiger partial charge < -0.3 is 24.6 Å². The molecule has 216 valence electrons. The number of benzene rings is 1. The summed E-state index contributed by atoms with van der Waals surface area (Å²) in [7, 11) is 0. The maximum atomic E-state index is 13.5. The van der Waals surface area contributed by atoms with Crippen molar-refractivity contribution in [3.63, 3.8) is 0 Å². The zero-order valence-corrected chi connectivity index (χ0v) is 24.5. The van der Waals surface area contributed by atoms with E-state index in [1.165, 1.54) is 32.4 Å². The van der Waals surface area contributed by atoms with E-state index in [0.29, 0.717) is 12.4 Å². The van der Waals surface area contributed by atoms with Gasteiger partial charge in [-0.3, -0.25) is 9.78 Å². The summed E-state index contributed by atoms with van der Waals surface area (Å²) in [5.74, 6) is 0.547. The van der Waals surface area contributed by atoms with E-state index in [9.17, 15) is 4.79 Å². The van der Waals surface area contributed by atoms with Gasteiger partial charge in [0.25, 0.3) is 5.91 Å². The SMILES string of the molecule is CCN1CCN(C(=O)c2nc3cc(-c4cc(NCCCN5CCCCC5)c5cnccc5n4)ccc3n2CC)CC1. The molecule has 0 unspecified atom stereocenters. The van der Waals surface area contributed by atoms with E-state index in [-0.39, 0.29) is 5.91 Å². The molecule has 4 aromatic rings. The van der Waals surface area contributed by atoms with Crippen LogP contribution in [0.15, 0.2) is 42.7 Å². The molecule has 1 amide bonds. The molecule has 2 aliphatic heterocycles. The highest BCUT2D eigenvalue weighted by Gasteiger charge is 2.26. The number of likely N-dealkylation sites (tertiary alicyclic amines) is 1. The molecule has 2 fully saturated rings. The fourth-order valence-electron chi connectivity index (χ4n) is 6.25. The predicted molar refractivity (Wildman–Crippen MR) is 165 cm³/mol. The minimum absolute atomic E-state index is 0.0210. The highest BCUT2D eigenvalue weighted by Crippen LogP contribution is 2.30. The number of aromatic nitrogens is 4. The molecule has 0 spiro atoms. The van der Waals surface area contributed by atoms with Crippen molar-refractivity contribution in [2.75, 3.05) is 64.2 Å². The maximum Gasteiger partial charge on any atom is 0.289 e. The first-order valence-electron chi connectivity index (χ1n) is 15.4. The third-order valence-electron chi connectivity index (χ3n) is 8.68. The maximum absolute atomic E-state index is 13.5. The number of piperazine rings is 1. The number of carbonyl (C=O) groups excluding carboxylic acids is 1. The van der Waals surface area contributed by atoms with Crippen LogP contribution in [0.25, 0.3) is 33.2 Å². The first-order valence-corrected chi connectivity index (χ1v) is 15.4. The summed E-state index contributed by atoms with van der Waals surface area (Å²) in [5.41, 5.74) is 5.65. The summed E-state index contributed by atoms with van der Waals surface area (Å²) in [5, 5.41) is 4.70. The fourth-order valence-corrected chi connectivity index (χ4v) is 6.25. The molecule has 5 heterocycles. The molecule has 0 radical (unpaired) electrons. The van der Waals surface area contributed by atoms with Gasteiger partial charge in [-0.25, -0.2) is 9.97 Å². The van der Waals surface area contributed by atoms with Crippen LogP contribution in [0.1, 0.15) is 50.1 Å². The van der Waals surface area contributed by atoms with Crippen LogP contribution < -0.4 is 5.32 Å². The summed E-state index contributed by atoms with van der Waals surface area (Å²) in [4.78, 5) is 34.6. The lowest BCUT2D eigenvalue weighted by molar-refractivity contribution is 0.0627. The van der Waals surface area contributed by atoms with Gasteiger partial charge in [-0.15, -0.1) is 0 Å². The third-order valence-corrected chi connectivity index (χ3v) is 8.68. The van der Waals surface area contributed by atoms with E-state index in [4.69, 9.17) is 9.97 Å². The number of nitrogens with zero attached hydrogens (tertiary/aromatic N) is 7. The monoisotopic (exact) mass is 554 g/mol. The van der Waals surface area contributed by atoms with Crippen molar-refractivity contribution in [2.24, 2.45) is 0 Å². The minimum atomic E-state index is 0.0210. The Morgan fingerprint density at radius 2 is 1.71 bits per heavy atom. The second-order valence-electron chi connectivity index (χ2n) is 11.2. The molecule has 0 aliphatic carbocycles. The van der Waals surface area contributed by atoms with E-state index in [1.807, 2.05) is 21.7 Å². The van der Waals surface area contributed by atoms with Crippen molar-refractivity contribution in [1.82, 2.24) is 34.2 Å². The van der Waals surface area contributed by atoms with E-state index in [2.05, 4.69) is 58.2 Å². The fraction of sp³-hybridized carbons (Fsp3) is 0.500. The quantitative estimate of drug-likeness (QED) is 0.300. The number of hydrogen-bond acceptors (Lipinski definition) is 7. The lowest BCUT2D eigenvalue weighted by atomic mass is 10.1. The molecule has 1 N–H and O–H groups in total. The van der Waals surface area contributed by atoms with Gasteiger partial charge in [0, 0.05) is 68.3 Å². The largest absolute Gasteiger partial charge is 0.384 e. The molecular formula is C32H42N8O. The smallest absolute Gasteiger partial charge is 0.289 e. The van der Waals surface area contributed by atoms with Crippen molar-refractivity contribution in [3.05, 3.63) is 48.5 Å². The normalized spacial score (nSPS) is 17.0. The number of hydrogen-bond donors (Lipinski definition) is 1. The first kappa shape index (κ1) is 27.6. The highest BCUT2D eigenvalue weighted by atomic mass is 16.2. The average Bonchev–Trinajstić information content (AvgIpc) is 3.41. The van der Waals surface area contributed by atoms with E-state index < -0.39 is 0 Å². The number of aryl methyl sites for hydroxylation is 1. The van der Waals surface area contributed by atoms with Crippen LogP contribution in [0, 0.1) is 0 Å². The Labute approximate surface area is 242 Å². The van der Waals surface area contributed by atoms with Crippen LogP contribution in [0.3, 0.4) is 0 Å². The van der Waals surface area contributed by atoms with Crippen LogP contribution in [-0.2, 0) is 6.54 Å². The van der Waals surface area contributed by atoms with Crippen LogP contribution >= 0.6 is 0 Å². The molecule has 9 nitrogen and oxygen atoms in total. The Bertz CT molecular complexity index is 1500. The number of anilines is 1. The van der Waals surface area contributed by atoms with Crippen molar-refractivity contribution in [1.29, 1.82) is 0 Å². The second-order valence-corrected chi connectivity index (χ2v) is 11.2. The summed E-state index contributed by atoms with van der Waals surface area (Å²) in [6.07, 6.45) is 8.80. The Morgan fingerprint density at radius 3 is 2.49 bits per heavy atom. The van der Waals surface area contributed by atoms with Crippen LogP contribution in [-0.4, -0.2) is 99.0 Å². The second kappa shape index (κ2) is 12.5. The number of amides is 1. The molecule has 6 rings (SSSR count). The van der Waals surface area contributed by atoms with E-state index in [0.717, 1.165) is 91.1 Å². The summed E-state index contributed by atoms with van der Waals surface area (Å²) >= 11 is 0. The molecule has 2 aliphatic rings. The number of nitrogens with one attached hydrogen (secondary N) is 1. The number of likely N-dealkylation sites (N-methyl/N-ethyl adjacent to an activating group) is 1. The Morgan fingerprint density at radius 1 is 0.878 bits per heavy atom.